The molecule has 142 valence electrons. The number of thioether (sulfide) groups is 1. The molecular weight excluding hydrogens is 344 g/mol. The summed E-state index contributed by atoms with van der Waals surface area (Å²) in [6.07, 6.45) is 2.90. The van der Waals surface area contributed by atoms with Crippen molar-refractivity contribution in [1.82, 2.24) is 15.1 Å². The third kappa shape index (κ3) is 4.93. The van der Waals surface area contributed by atoms with Crippen LogP contribution in [0, 0.1) is 0 Å². The van der Waals surface area contributed by atoms with Gasteiger partial charge in [-0.1, -0.05) is 31.2 Å². The summed E-state index contributed by atoms with van der Waals surface area (Å²) >= 11 is 2.07. The van der Waals surface area contributed by atoms with E-state index in [4.69, 9.17) is 0 Å². The van der Waals surface area contributed by atoms with Crippen molar-refractivity contribution in [3.63, 3.8) is 0 Å². The highest BCUT2D eigenvalue weighted by Crippen LogP contribution is 2.21. The maximum Gasteiger partial charge on any atom is 0.222 e. The zero-order valence-electron chi connectivity index (χ0n) is 15.9. The van der Waals surface area contributed by atoms with Crippen molar-refractivity contribution in [2.45, 2.75) is 44.5 Å². The standard InChI is InChI=1S/C20H30N4OS/c1-3-18-15-24(11-12-26-18)20(21-2)22-13-16-6-8-17(9-7-16)14-23-10-4-5-19(23)25/h6-9,18H,3-5,10-15H2,1-2H3,(H,21,22). The van der Waals surface area contributed by atoms with E-state index in [-0.39, 0.29) is 5.91 Å². The van der Waals surface area contributed by atoms with Gasteiger partial charge < -0.3 is 15.1 Å². The number of nitrogens with zero attached hydrogens (tertiary/aromatic N) is 3. The van der Waals surface area contributed by atoms with Crippen LogP contribution in [0.2, 0.25) is 0 Å². The molecule has 26 heavy (non-hydrogen) atoms. The SMILES string of the molecule is CCC1CN(C(=NC)NCc2ccc(CN3CCCC3=O)cc2)CCS1. The number of nitrogens with one attached hydrogen (secondary N) is 1. The van der Waals surface area contributed by atoms with Gasteiger partial charge in [-0.05, 0) is 24.0 Å². The molecule has 2 heterocycles. The van der Waals surface area contributed by atoms with Crippen molar-refractivity contribution >= 4 is 23.6 Å². The summed E-state index contributed by atoms with van der Waals surface area (Å²) < 4.78 is 0. The zero-order valence-corrected chi connectivity index (χ0v) is 16.7. The van der Waals surface area contributed by atoms with Gasteiger partial charge in [0.1, 0.15) is 0 Å². The minimum atomic E-state index is 0.282. The lowest BCUT2D eigenvalue weighted by Crippen LogP contribution is -2.47. The second-order valence-corrected chi connectivity index (χ2v) is 8.39. The molecule has 2 aliphatic heterocycles. The van der Waals surface area contributed by atoms with E-state index < -0.39 is 0 Å². The minimum Gasteiger partial charge on any atom is -0.352 e. The summed E-state index contributed by atoms with van der Waals surface area (Å²) in [6.45, 7) is 6.79. The van der Waals surface area contributed by atoms with E-state index in [1.165, 1.54) is 23.3 Å². The first-order valence-corrected chi connectivity index (χ1v) is 10.7. The fourth-order valence-corrected chi connectivity index (χ4v) is 4.71. The second kappa shape index (κ2) is 9.31. The van der Waals surface area contributed by atoms with Gasteiger partial charge in [0.15, 0.2) is 5.96 Å². The molecule has 2 fully saturated rings. The van der Waals surface area contributed by atoms with E-state index in [1.54, 1.807) is 0 Å². The summed E-state index contributed by atoms with van der Waals surface area (Å²) in [4.78, 5) is 20.5. The van der Waals surface area contributed by atoms with Crippen molar-refractivity contribution in [3.05, 3.63) is 35.4 Å². The molecule has 2 saturated heterocycles. The molecule has 6 heteroatoms. The van der Waals surface area contributed by atoms with E-state index in [2.05, 4.69) is 58.2 Å². The molecule has 1 aromatic carbocycles. The van der Waals surface area contributed by atoms with Crippen molar-refractivity contribution in [1.29, 1.82) is 0 Å². The van der Waals surface area contributed by atoms with Crippen LogP contribution >= 0.6 is 11.8 Å². The maximum absolute atomic E-state index is 11.7. The number of carbonyl (C=O) groups excluding carboxylic acids is 1. The lowest BCUT2D eigenvalue weighted by molar-refractivity contribution is -0.128. The molecule has 5 nitrogen and oxygen atoms in total. The Morgan fingerprint density at radius 1 is 1.27 bits per heavy atom. The average molecular weight is 375 g/mol. The first-order chi connectivity index (χ1) is 12.7. The molecule has 0 spiro atoms. The minimum absolute atomic E-state index is 0.282. The highest BCUT2D eigenvalue weighted by Gasteiger charge is 2.21. The predicted octanol–water partition coefficient (Wildman–Crippen LogP) is 2.71. The highest BCUT2D eigenvalue weighted by atomic mass is 32.2. The van der Waals surface area contributed by atoms with Crippen LogP contribution in [-0.4, -0.2) is 59.4 Å². The highest BCUT2D eigenvalue weighted by molar-refractivity contribution is 8.00. The van der Waals surface area contributed by atoms with Crippen LogP contribution in [0.5, 0.6) is 0 Å². The van der Waals surface area contributed by atoms with E-state index in [0.29, 0.717) is 11.7 Å². The van der Waals surface area contributed by atoms with Crippen molar-refractivity contribution in [3.8, 4) is 0 Å². The van der Waals surface area contributed by atoms with Gasteiger partial charge in [-0.3, -0.25) is 9.79 Å². The molecule has 0 aliphatic carbocycles. The van der Waals surface area contributed by atoms with Gasteiger partial charge in [-0.25, -0.2) is 0 Å². The van der Waals surface area contributed by atoms with Crippen LogP contribution in [0.25, 0.3) is 0 Å². The van der Waals surface area contributed by atoms with Gasteiger partial charge in [0.2, 0.25) is 5.91 Å². The van der Waals surface area contributed by atoms with Gasteiger partial charge in [-0.2, -0.15) is 11.8 Å². The summed E-state index contributed by atoms with van der Waals surface area (Å²) in [6, 6.07) is 8.57. The molecule has 1 amide bonds. The lowest BCUT2D eigenvalue weighted by Gasteiger charge is -2.34. The van der Waals surface area contributed by atoms with Crippen LogP contribution in [0.15, 0.2) is 29.3 Å². The number of benzene rings is 1. The van der Waals surface area contributed by atoms with Crippen molar-refractivity contribution < 1.29 is 4.79 Å². The first-order valence-electron chi connectivity index (χ1n) is 9.62. The summed E-state index contributed by atoms with van der Waals surface area (Å²) in [5.41, 5.74) is 2.44. The molecule has 3 rings (SSSR count). The number of likely N-dealkylation sites (tertiary alicyclic amines) is 1. The van der Waals surface area contributed by atoms with Crippen molar-refractivity contribution in [2.24, 2.45) is 4.99 Å². The molecule has 1 atom stereocenters. The van der Waals surface area contributed by atoms with Gasteiger partial charge in [0.25, 0.3) is 0 Å². The lowest BCUT2D eigenvalue weighted by atomic mass is 10.1. The number of amides is 1. The second-order valence-electron chi connectivity index (χ2n) is 6.98. The van der Waals surface area contributed by atoms with Gasteiger partial charge in [-0.15, -0.1) is 0 Å². The smallest absolute Gasteiger partial charge is 0.222 e. The topological polar surface area (TPSA) is 47.9 Å². The largest absolute Gasteiger partial charge is 0.352 e. The Morgan fingerprint density at radius 2 is 2.04 bits per heavy atom. The van der Waals surface area contributed by atoms with Crippen LogP contribution < -0.4 is 5.32 Å². The molecule has 1 N–H and O–H groups in total. The quantitative estimate of drug-likeness (QED) is 0.636. The van der Waals surface area contributed by atoms with Gasteiger partial charge >= 0.3 is 0 Å². The number of aliphatic imine (C=N–C) groups is 1. The summed E-state index contributed by atoms with van der Waals surface area (Å²) in [5, 5.41) is 4.21. The summed E-state index contributed by atoms with van der Waals surface area (Å²) in [7, 11) is 1.86. The Bertz CT molecular complexity index is 631. The normalized spacial score (nSPS) is 21.4. The number of rotatable bonds is 5. The number of guanidine groups is 1. The molecule has 1 aromatic rings. The average Bonchev–Trinajstić information content (AvgIpc) is 3.08. The van der Waals surface area contributed by atoms with E-state index in [0.717, 1.165) is 45.1 Å². The van der Waals surface area contributed by atoms with Crippen molar-refractivity contribution in [2.75, 3.05) is 32.4 Å². The van der Waals surface area contributed by atoms with E-state index in [1.807, 2.05) is 11.9 Å². The molecule has 0 saturated carbocycles. The Hall–Kier alpha value is -1.69. The number of carbonyl (C=O) groups is 1. The molecule has 0 radical (unpaired) electrons. The Balaban J connectivity index is 1.51. The van der Waals surface area contributed by atoms with E-state index >= 15 is 0 Å². The molecule has 0 aromatic heterocycles. The van der Waals surface area contributed by atoms with Crippen LogP contribution in [0.4, 0.5) is 0 Å². The third-order valence-corrected chi connectivity index (χ3v) is 6.50. The van der Waals surface area contributed by atoms with Crippen LogP contribution in [-0.2, 0) is 17.9 Å². The monoisotopic (exact) mass is 374 g/mol. The zero-order chi connectivity index (χ0) is 18.4. The van der Waals surface area contributed by atoms with Gasteiger partial charge in [0.05, 0.1) is 0 Å². The molecule has 1 unspecified atom stereocenters. The third-order valence-electron chi connectivity index (χ3n) is 5.12. The van der Waals surface area contributed by atoms with Crippen LogP contribution in [0.1, 0.15) is 37.3 Å². The fourth-order valence-electron chi connectivity index (χ4n) is 3.53. The van der Waals surface area contributed by atoms with E-state index in [9.17, 15) is 4.79 Å². The molecule has 2 aliphatic rings. The molecular formula is C20H30N4OS. The Kier molecular flexibility index (Phi) is 6.83. The number of hydrogen-bond donors (Lipinski definition) is 1. The Morgan fingerprint density at radius 3 is 2.69 bits per heavy atom. The van der Waals surface area contributed by atoms with Gasteiger partial charge in [0, 0.05) is 57.2 Å². The maximum atomic E-state index is 11.7. The van der Waals surface area contributed by atoms with Crippen LogP contribution in [0.3, 0.4) is 0 Å². The fraction of sp³-hybridized carbons (Fsp3) is 0.600. The summed E-state index contributed by atoms with van der Waals surface area (Å²) in [5.74, 6) is 2.45. The molecule has 0 bridgehead atoms. The first kappa shape index (κ1) is 19.1. The predicted molar refractivity (Wildman–Crippen MR) is 109 cm³/mol. The number of hydrogen-bond acceptors (Lipinski definition) is 3. The Labute approximate surface area is 161 Å².